The molecule has 2 rings (SSSR count). The predicted molar refractivity (Wildman–Crippen MR) is 57.9 cm³/mol. The molecule has 0 atom stereocenters. The molecule has 2 N–H and O–H groups in total. The van der Waals surface area contributed by atoms with Crippen molar-refractivity contribution in [2.75, 3.05) is 5.73 Å². The molecule has 0 saturated carbocycles. The van der Waals surface area contributed by atoms with Crippen LogP contribution in [0.5, 0.6) is 11.6 Å². The Morgan fingerprint density at radius 1 is 1.24 bits per heavy atom. The summed E-state index contributed by atoms with van der Waals surface area (Å²) < 4.78 is 31.3. The molecular formula is C10H6ClF2N3O. The number of anilines is 1. The number of rotatable bonds is 2. The van der Waals surface area contributed by atoms with Gasteiger partial charge in [0.25, 0.3) is 5.88 Å². The summed E-state index contributed by atoms with van der Waals surface area (Å²) in [6, 6.07) is 3.68. The number of aromatic nitrogens is 2. The molecule has 0 aliphatic heterocycles. The van der Waals surface area contributed by atoms with Crippen molar-refractivity contribution < 1.29 is 13.5 Å². The van der Waals surface area contributed by atoms with E-state index in [-0.39, 0.29) is 22.6 Å². The third-order valence-electron chi connectivity index (χ3n) is 1.84. The van der Waals surface area contributed by atoms with Crippen LogP contribution in [0.4, 0.5) is 14.7 Å². The van der Waals surface area contributed by atoms with E-state index in [0.717, 1.165) is 12.3 Å². The van der Waals surface area contributed by atoms with Crippen molar-refractivity contribution in [3.05, 3.63) is 41.1 Å². The van der Waals surface area contributed by atoms with E-state index in [4.69, 9.17) is 22.1 Å². The molecule has 0 aliphatic carbocycles. The van der Waals surface area contributed by atoms with Crippen molar-refractivity contribution in [1.29, 1.82) is 0 Å². The molecule has 88 valence electrons. The van der Waals surface area contributed by atoms with E-state index in [1.807, 2.05) is 0 Å². The zero-order chi connectivity index (χ0) is 12.4. The lowest BCUT2D eigenvalue weighted by molar-refractivity contribution is 0.418. The number of hydrogen-bond acceptors (Lipinski definition) is 4. The summed E-state index contributed by atoms with van der Waals surface area (Å²) in [7, 11) is 0. The number of nitrogen functional groups attached to an aromatic ring is 1. The number of ether oxygens (including phenoxy) is 1. The number of hydrogen-bond donors (Lipinski definition) is 1. The van der Waals surface area contributed by atoms with Gasteiger partial charge in [0.1, 0.15) is 11.6 Å². The summed E-state index contributed by atoms with van der Waals surface area (Å²) in [6.45, 7) is 0. The van der Waals surface area contributed by atoms with Crippen LogP contribution >= 0.6 is 11.6 Å². The maximum absolute atomic E-state index is 13.2. The Labute approximate surface area is 100 Å². The van der Waals surface area contributed by atoms with Crippen LogP contribution in [0.25, 0.3) is 0 Å². The molecule has 0 saturated heterocycles. The van der Waals surface area contributed by atoms with E-state index in [0.29, 0.717) is 0 Å². The van der Waals surface area contributed by atoms with Gasteiger partial charge in [0.05, 0.1) is 11.2 Å². The normalized spacial score (nSPS) is 10.3. The fourth-order valence-corrected chi connectivity index (χ4v) is 1.21. The SMILES string of the molecule is Nc1ncc(F)c(Oc2ccc(Cl)c(F)c2)n1. The molecule has 4 nitrogen and oxygen atoms in total. The van der Waals surface area contributed by atoms with Gasteiger partial charge in [-0.1, -0.05) is 11.6 Å². The molecular weight excluding hydrogens is 252 g/mol. The van der Waals surface area contributed by atoms with Gasteiger partial charge in [-0.2, -0.15) is 9.37 Å². The summed E-state index contributed by atoms with van der Waals surface area (Å²) in [5.41, 5.74) is 5.27. The molecule has 0 fully saturated rings. The molecule has 1 heterocycles. The van der Waals surface area contributed by atoms with Crippen LogP contribution in [0, 0.1) is 11.6 Å². The molecule has 0 radical (unpaired) electrons. The highest BCUT2D eigenvalue weighted by molar-refractivity contribution is 6.30. The van der Waals surface area contributed by atoms with Gasteiger partial charge in [-0.3, -0.25) is 0 Å². The van der Waals surface area contributed by atoms with Crippen molar-refractivity contribution in [1.82, 2.24) is 9.97 Å². The highest BCUT2D eigenvalue weighted by atomic mass is 35.5. The lowest BCUT2D eigenvalue weighted by atomic mass is 10.3. The van der Waals surface area contributed by atoms with Crippen LogP contribution < -0.4 is 10.5 Å². The minimum Gasteiger partial charge on any atom is -0.436 e. The fourth-order valence-electron chi connectivity index (χ4n) is 1.09. The fraction of sp³-hybridized carbons (Fsp3) is 0. The highest BCUT2D eigenvalue weighted by Crippen LogP contribution is 2.25. The van der Waals surface area contributed by atoms with Crippen molar-refractivity contribution in [2.24, 2.45) is 0 Å². The minimum atomic E-state index is -0.797. The van der Waals surface area contributed by atoms with E-state index in [1.54, 1.807) is 0 Å². The molecule has 0 unspecified atom stereocenters. The largest absolute Gasteiger partial charge is 0.436 e. The van der Waals surface area contributed by atoms with Gasteiger partial charge >= 0.3 is 0 Å². The zero-order valence-corrected chi connectivity index (χ0v) is 9.08. The predicted octanol–water partition coefficient (Wildman–Crippen LogP) is 2.78. The van der Waals surface area contributed by atoms with Crippen LogP contribution in [0.1, 0.15) is 0 Å². The Morgan fingerprint density at radius 3 is 2.71 bits per heavy atom. The third-order valence-corrected chi connectivity index (χ3v) is 2.14. The van der Waals surface area contributed by atoms with E-state index in [1.165, 1.54) is 12.1 Å². The van der Waals surface area contributed by atoms with Crippen LogP contribution in [0.15, 0.2) is 24.4 Å². The molecule has 0 bridgehead atoms. The molecule has 2 aromatic rings. The lowest BCUT2D eigenvalue weighted by Crippen LogP contribution is -1.99. The van der Waals surface area contributed by atoms with Crippen LogP contribution in [-0.4, -0.2) is 9.97 Å². The van der Waals surface area contributed by atoms with Gasteiger partial charge in [0.15, 0.2) is 0 Å². The van der Waals surface area contributed by atoms with Crippen LogP contribution in [-0.2, 0) is 0 Å². The summed E-state index contributed by atoms with van der Waals surface area (Å²) in [6.07, 6.45) is 0.865. The standard InChI is InChI=1S/C10H6ClF2N3O/c11-6-2-1-5(3-7(6)12)17-9-8(13)4-15-10(14)16-9/h1-4H,(H2,14,15,16). The monoisotopic (exact) mass is 257 g/mol. The van der Waals surface area contributed by atoms with Crippen molar-refractivity contribution in [2.45, 2.75) is 0 Å². The minimum absolute atomic E-state index is 0.0555. The Morgan fingerprint density at radius 2 is 2.00 bits per heavy atom. The average molecular weight is 258 g/mol. The van der Waals surface area contributed by atoms with E-state index in [9.17, 15) is 8.78 Å². The Balaban J connectivity index is 2.31. The molecule has 0 amide bonds. The van der Waals surface area contributed by atoms with Crippen molar-refractivity contribution in [3.63, 3.8) is 0 Å². The van der Waals surface area contributed by atoms with E-state index >= 15 is 0 Å². The maximum atomic E-state index is 13.2. The lowest BCUT2D eigenvalue weighted by Gasteiger charge is -2.06. The van der Waals surface area contributed by atoms with Crippen LogP contribution in [0.2, 0.25) is 5.02 Å². The summed E-state index contributed by atoms with van der Waals surface area (Å²) >= 11 is 5.49. The van der Waals surface area contributed by atoms with Gasteiger partial charge in [0.2, 0.25) is 11.8 Å². The van der Waals surface area contributed by atoms with Gasteiger partial charge < -0.3 is 10.5 Å². The number of nitrogens with zero attached hydrogens (tertiary/aromatic N) is 2. The maximum Gasteiger partial charge on any atom is 0.260 e. The first-order chi connectivity index (χ1) is 8.06. The second kappa shape index (κ2) is 4.50. The van der Waals surface area contributed by atoms with Gasteiger partial charge in [-0.05, 0) is 12.1 Å². The van der Waals surface area contributed by atoms with Crippen molar-refractivity contribution >= 4 is 17.5 Å². The first kappa shape index (κ1) is 11.5. The zero-order valence-electron chi connectivity index (χ0n) is 8.32. The second-order valence-electron chi connectivity index (χ2n) is 3.06. The number of nitrogens with two attached hydrogens (primary N) is 1. The molecule has 1 aromatic heterocycles. The number of benzene rings is 1. The Kier molecular flexibility index (Phi) is 3.06. The molecule has 0 spiro atoms. The molecule has 7 heteroatoms. The average Bonchev–Trinajstić information content (AvgIpc) is 2.29. The summed E-state index contributed by atoms with van der Waals surface area (Å²) in [5, 5.41) is -0.0555. The smallest absolute Gasteiger partial charge is 0.260 e. The van der Waals surface area contributed by atoms with Gasteiger partial charge in [0, 0.05) is 6.07 Å². The van der Waals surface area contributed by atoms with Gasteiger partial charge in [-0.15, -0.1) is 0 Å². The topological polar surface area (TPSA) is 61.0 Å². The van der Waals surface area contributed by atoms with Crippen LogP contribution in [0.3, 0.4) is 0 Å². The summed E-state index contributed by atoms with van der Waals surface area (Å²) in [5.74, 6) is -1.93. The Hall–Kier alpha value is -1.95. The third kappa shape index (κ3) is 2.59. The highest BCUT2D eigenvalue weighted by Gasteiger charge is 2.09. The number of halogens is 3. The van der Waals surface area contributed by atoms with Gasteiger partial charge in [-0.25, -0.2) is 9.37 Å². The van der Waals surface area contributed by atoms with E-state index < -0.39 is 11.6 Å². The molecule has 1 aromatic carbocycles. The second-order valence-corrected chi connectivity index (χ2v) is 3.47. The Bertz CT molecular complexity index is 565. The molecule has 0 aliphatic rings. The first-order valence-corrected chi connectivity index (χ1v) is 4.85. The first-order valence-electron chi connectivity index (χ1n) is 4.47. The summed E-state index contributed by atoms with van der Waals surface area (Å²) in [4.78, 5) is 6.96. The van der Waals surface area contributed by atoms with Crippen molar-refractivity contribution in [3.8, 4) is 11.6 Å². The van der Waals surface area contributed by atoms with E-state index in [2.05, 4.69) is 9.97 Å². The molecule has 17 heavy (non-hydrogen) atoms. The quantitative estimate of drug-likeness (QED) is 0.899.